The predicted molar refractivity (Wildman–Crippen MR) is 107 cm³/mol. The van der Waals surface area contributed by atoms with Gasteiger partial charge in [0.25, 0.3) is 5.69 Å². The molecule has 2 aromatic rings. The predicted octanol–water partition coefficient (Wildman–Crippen LogP) is 4.87. The number of benzene rings is 2. The summed E-state index contributed by atoms with van der Waals surface area (Å²) in [5.74, 6) is 3.05. The molecule has 0 heterocycles. The van der Waals surface area contributed by atoms with Crippen molar-refractivity contribution in [2.75, 3.05) is 32.2 Å². The first kappa shape index (κ1) is 19.5. The number of anilines is 1. The van der Waals surface area contributed by atoms with E-state index in [1.807, 2.05) is 36.8 Å². The number of hydrazine groups is 1. The number of nitrogens with zero attached hydrogens (tertiary/aromatic N) is 1. The lowest BCUT2D eigenvalue weighted by Crippen LogP contribution is -2.11. The van der Waals surface area contributed by atoms with Crippen LogP contribution in [0.3, 0.4) is 0 Å². The third-order valence-electron chi connectivity index (χ3n) is 3.48. The Hall–Kier alpha value is -1.86. The molecule has 0 aliphatic heterocycles. The summed E-state index contributed by atoms with van der Waals surface area (Å²) < 4.78 is 10.6. The largest absolute Gasteiger partial charge is 0.497 e. The van der Waals surface area contributed by atoms with Crippen LogP contribution < -0.4 is 14.9 Å². The van der Waals surface area contributed by atoms with E-state index < -0.39 is 0 Å². The average Bonchev–Trinajstić information content (AvgIpc) is 2.61. The van der Waals surface area contributed by atoms with E-state index in [0.29, 0.717) is 17.1 Å². The fourth-order valence-corrected chi connectivity index (χ4v) is 3.40. The van der Waals surface area contributed by atoms with Crippen molar-refractivity contribution in [2.45, 2.75) is 11.5 Å². The third-order valence-corrected chi connectivity index (χ3v) is 4.72. The van der Waals surface area contributed by atoms with Crippen LogP contribution in [0.15, 0.2) is 36.4 Å². The highest BCUT2D eigenvalue weighted by molar-refractivity contribution is 7.98. The Morgan fingerprint density at radius 3 is 2.00 bits per heavy atom. The van der Waals surface area contributed by atoms with Crippen LogP contribution in [-0.2, 0) is 11.5 Å². The lowest BCUT2D eigenvalue weighted by molar-refractivity contribution is -0.427. The molecule has 0 atom stereocenters. The molecule has 0 bridgehead atoms. The van der Waals surface area contributed by atoms with Crippen LogP contribution in [0.2, 0.25) is 0 Å². The second-order valence-corrected chi connectivity index (χ2v) is 7.11. The van der Waals surface area contributed by atoms with Gasteiger partial charge in [-0.05, 0) is 41.8 Å². The van der Waals surface area contributed by atoms with Gasteiger partial charge in [-0.2, -0.15) is 23.5 Å². The van der Waals surface area contributed by atoms with E-state index in [9.17, 15) is 4.91 Å². The molecule has 0 aliphatic carbocycles. The number of ether oxygens (including phenoxy) is 2. The Kier molecular flexibility index (Phi) is 7.46. The summed E-state index contributed by atoms with van der Waals surface area (Å²) in [6.07, 6.45) is 4.06. The van der Waals surface area contributed by atoms with Crippen molar-refractivity contribution in [2.24, 2.45) is 0 Å². The lowest BCUT2D eigenvalue weighted by atomic mass is 10.2. The fourth-order valence-electron chi connectivity index (χ4n) is 2.40. The molecule has 5 nitrogen and oxygen atoms in total. The molecule has 0 amide bonds. The van der Waals surface area contributed by atoms with E-state index in [2.05, 4.69) is 5.43 Å². The average molecular weight is 380 g/mol. The van der Waals surface area contributed by atoms with E-state index in [4.69, 9.17) is 9.47 Å². The van der Waals surface area contributed by atoms with Crippen molar-refractivity contribution < 1.29 is 14.3 Å². The molecular weight excluding hydrogens is 356 g/mol. The molecule has 2 rings (SSSR count). The molecular formula is C18H23N2O3S2+. The van der Waals surface area contributed by atoms with Gasteiger partial charge in [0.05, 0.1) is 25.2 Å². The molecule has 0 saturated carbocycles. The van der Waals surface area contributed by atoms with E-state index >= 15 is 0 Å². The van der Waals surface area contributed by atoms with E-state index in [0.717, 1.165) is 33.3 Å². The minimum absolute atomic E-state index is 0.498. The second-order valence-electron chi connectivity index (χ2n) is 5.38. The van der Waals surface area contributed by atoms with Crippen molar-refractivity contribution in [1.82, 2.24) is 0 Å². The van der Waals surface area contributed by atoms with Gasteiger partial charge in [-0.3, -0.25) is 0 Å². The van der Waals surface area contributed by atoms with Crippen molar-refractivity contribution >= 4 is 34.9 Å². The quantitative estimate of drug-likeness (QED) is 0.496. The summed E-state index contributed by atoms with van der Waals surface area (Å²) in [6, 6.07) is 11.2. The van der Waals surface area contributed by atoms with Gasteiger partial charge in [-0.25, -0.2) is 0 Å². The first-order valence-corrected chi connectivity index (χ1v) is 10.5. The Bertz CT molecular complexity index is 738. The minimum atomic E-state index is 0.498. The van der Waals surface area contributed by atoms with E-state index in [-0.39, 0.29) is 0 Å². The highest BCUT2D eigenvalue weighted by Gasteiger charge is 2.18. The van der Waals surface area contributed by atoms with Crippen LogP contribution in [-0.4, -0.2) is 31.6 Å². The van der Waals surface area contributed by atoms with Crippen molar-refractivity contribution in [3.8, 4) is 11.5 Å². The smallest absolute Gasteiger partial charge is 0.296 e. The fraction of sp³-hybridized carbons (Fsp3) is 0.333. The van der Waals surface area contributed by atoms with E-state index in [1.54, 1.807) is 49.9 Å². The molecule has 0 aliphatic rings. The number of hydrogen-bond acceptors (Lipinski definition) is 5. The molecule has 0 radical (unpaired) electrons. The highest BCUT2D eigenvalue weighted by atomic mass is 32.2. The van der Waals surface area contributed by atoms with Crippen molar-refractivity contribution in [3.05, 3.63) is 52.4 Å². The highest BCUT2D eigenvalue weighted by Crippen LogP contribution is 2.27. The molecule has 0 unspecified atom stereocenters. The molecule has 0 fully saturated rings. The first-order chi connectivity index (χ1) is 12.1. The van der Waals surface area contributed by atoms with Gasteiger partial charge in [0.1, 0.15) is 17.2 Å². The maximum atomic E-state index is 12.6. The molecule has 2 aromatic carbocycles. The Labute approximate surface area is 157 Å². The summed E-state index contributed by atoms with van der Waals surface area (Å²) >= 11 is 3.41. The number of nitrogens with one attached hydrogen (secondary N) is 1. The van der Waals surface area contributed by atoms with Gasteiger partial charge in [0.2, 0.25) is 0 Å². The molecule has 134 valence electrons. The summed E-state index contributed by atoms with van der Waals surface area (Å²) in [5, 5.41) is 0. The zero-order valence-corrected chi connectivity index (χ0v) is 16.5. The van der Waals surface area contributed by atoms with Crippen LogP contribution >= 0.6 is 23.5 Å². The summed E-state index contributed by atoms with van der Waals surface area (Å²) in [4.78, 5) is 13.4. The molecule has 0 aromatic heterocycles. The van der Waals surface area contributed by atoms with Crippen LogP contribution in [0, 0.1) is 4.91 Å². The number of rotatable bonds is 9. The maximum Gasteiger partial charge on any atom is 0.296 e. The summed E-state index contributed by atoms with van der Waals surface area (Å²) in [7, 11) is 3.22. The molecule has 0 spiro atoms. The number of hydrogen-bond donors (Lipinski definition) is 1. The van der Waals surface area contributed by atoms with Crippen LogP contribution in [0.25, 0.3) is 0 Å². The SMILES string of the molecule is COc1cc(CSC)cc(N[N+](=O)c2cc(CSC)cc(OC)c2)c1. The van der Waals surface area contributed by atoms with Gasteiger partial charge in [-0.1, -0.05) is 0 Å². The zero-order valence-electron chi connectivity index (χ0n) is 14.9. The van der Waals surface area contributed by atoms with Crippen LogP contribution in [0.1, 0.15) is 11.1 Å². The van der Waals surface area contributed by atoms with Gasteiger partial charge >= 0.3 is 0 Å². The monoisotopic (exact) mass is 379 g/mol. The zero-order chi connectivity index (χ0) is 18.2. The number of thioether (sulfide) groups is 2. The number of methoxy groups -OCH3 is 2. The van der Waals surface area contributed by atoms with Gasteiger partial charge in [-0.15, -0.1) is 5.43 Å². The number of nitroso groups, excluding NO2 is 1. The first-order valence-electron chi connectivity index (χ1n) is 7.67. The van der Waals surface area contributed by atoms with Gasteiger partial charge < -0.3 is 9.47 Å². The topological polar surface area (TPSA) is 50.6 Å². The summed E-state index contributed by atoms with van der Waals surface area (Å²) in [6.45, 7) is 0. The molecule has 0 saturated heterocycles. The van der Waals surface area contributed by atoms with Crippen molar-refractivity contribution in [1.29, 1.82) is 0 Å². The normalized spacial score (nSPS) is 10.4. The molecule has 1 N–H and O–H groups in total. The molecule has 7 heteroatoms. The van der Waals surface area contributed by atoms with Crippen molar-refractivity contribution in [3.63, 3.8) is 0 Å². The Balaban J connectivity index is 2.27. The minimum Gasteiger partial charge on any atom is -0.497 e. The Morgan fingerprint density at radius 2 is 1.44 bits per heavy atom. The van der Waals surface area contributed by atoms with Gasteiger partial charge in [0.15, 0.2) is 4.87 Å². The van der Waals surface area contributed by atoms with Crippen LogP contribution in [0.5, 0.6) is 11.5 Å². The van der Waals surface area contributed by atoms with Crippen LogP contribution in [0.4, 0.5) is 11.4 Å². The third kappa shape index (κ3) is 5.57. The Morgan fingerprint density at radius 1 is 0.880 bits per heavy atom. The maximum absolute atomic E-state index is 12.6. The standard InChI is InChI=1S/C18H23N2O3S2/c1-22-17-7-13(11-24-3)5-15(9-17)19-20(21)16-6-14(12-25-4)8-18(10-16)23-2/h5-10H,11-12H2,1-4H3,(H,19,21)/q+1. The van der Waals surface area contributed by atoms with E-state index in [1.165, 1.54) is 0 Å². The van der Waals surface area contributed by atoms with Gasteiger partial charge in [0, 0.05) is 23.6 Å². The molecule has 25 heavy (non-hydrogen) atoms. The summed E-state index contributed by atoms with van der Waals surface area (Å²) in [5.41, 5.74) is 6.20. The lowest BCUT2D eigenvalue weighted by Gasteiger charge is -2.07. The second kappa shape index (κ2) is 9.58.